The average molecular weight is 383 g/mol. The van der Waals surface area contributed by atoms with Crippen molar-refractivity contribution in [2.75, 3.05) is 4.72 Å². The number of nitrogens with one attached hydrogen (secondary N) is 2. The molecule has 2 saturated carbocycles. The summed E-state index contributed by atoms with van der Waals surface area (Å²) in [6, 6.07) is 7.68. The van der Waals surface area contributed by atoms with Crippen molar-refractivity contribution in [2.45, 2.75) is 36.5 Å². The summed E-state index contributed by atoms with van der Waals surface area (Å²) < 4.78 is 3.34. The SMILES string of the molecule is O=C(NC1(c2csc(NSC3CC3)n2)CC1)c1ccc2ccncc2c1. The van der Waals surface area contributed by atoms with Gasteiger partial charge in [0.25, 0.3) is 5.91 Å². The van der Waals surface area contributed by atoms with Gasteiger partial charge in [0.15, 0.2) is 5.13 Å². The number of aromatic nitrogens is 2. The second-order valence-electron chi connectivity index (χ2n) is 6.93. The van der Waals surface area contributed by atoms with E-state index in [-0.39, 0.29) is 11.4 Å². The number of amides is 1. The average Bonchev–Trinajstić information content (AvgIpc) is 3.60. The van der Waals surface area contributed by atoms with Crippen LogP contribution in [-0.4, -0.2) is 21.1 Å². The lowest BCUT2D eigenvalue weighted by atomic mass is 10.1. The van der Waals surface area contributed by atoms with Crippen molar-refractivity contribution in [3.8, 4) is 0 Å². The molecular formula is C19H18N4OS2. The lowest BCUT2D eigenvalue weighted by Crippen LogP contribution is -2.35. The number of anilines is 1. The highest BCUT2D eigenvalue weighted by Crippen LogP contribution is 2.46. The van der Waals surface area contributed by atoms with E-state index in [1.165, 1.54) is 12.8 Å². The van der Waals surface area contributed by atoms with Crippen LogP contribution < -0.4 is 10.0 Å². The maximum Gasteiger partial charge on any atom is 0.252 e. The molecule has 0 atom stereocenters. The zero-order valence-electron chi connectivity index (χ0n) is 14.1. The molecule has 0 spiro atoms. The maximum atomic E-state index is 12.8. The number of pyridine rings is 1. The molecule has 26 heavy (non-hydrogen) atoms. The van der Waals surface area contributed by atoms with Crippen molar-refractivity contribution in [3.05, 3.63) is 53.3 Å². The van der Waals surface area contributed by atoms with E-state index in [0.717, 1.165) is 39.7 Å². The standard InChI is InChI=1S/C19H18N4OS2/c24-17(13-2-1-12-5-8-20-10-14(12)9-13)22-19(6-7-19)16-11-25-18(21-16)23-26-15-3-4-15/h1-2,5,8-11,15H,3-4,6-7H2,(H,21,23)(H,22,24). The topological polar surface area (TPSA) is 66.9 Å². The number of hydrogen-bond donors (Lipinski definition) is 2. The molecule has 2 aliphatic carbocycles. The Hall–Kier alpha value is -2.12. The second kappa shape index (κ2) is 6.25. The largest absolute Gasteiger partial charge is 0.341 e. The molecule has 2 N–H and O–H groups in total. The number of carbonyl (C=O) groups is 1. The molecule has 3 aromatic rings. The number of benzene rings is 1. The first-order valence-electron chi connectivity index (χ1n) is 8.76. The van der Waals surface area contributed by atoms with Crippen LogP contribution in [0.25, 0.3) is 10.8 Å². The monoisotopic (exact) mass is 382 g/mol. The molecule has 5 rings (SSSR count). The van der Waals surface area contributed by atoms with E-state index < -0.39 is 0 Å². The van der Waals surface area contributed by atoms with E-state index in [0.29, 0.717) is 5.56 Å². The van der Waals surface area contributed by atoms with Crippen LogP contribution in [0.4, 0.5) is 5.13 Å². The van der Waals surface area contributed by atoms with Crippen molar-refractivity contribution in [3.63, 3.8) is 0 Å². The summed E-state index contributed by atoms with van der Waals surface area (Å²) in [6.45, 7) is 0. The van der Waals surface area contributed by atoms with Crippen LogP contribution in [0.2, 0.25) is 0 Å². The zero-order chi connectivity index (χ0) is 17.6. The van der Waals surface area contributed by atoms with Crippen molar-refractivity contribution < 1.29 is 4.79 Å². The Morgan fingerprint density at radius 1 is 1.23 bits per heavy atom. The van der Waals surface area contributed by atoms with Gasteiger partial charge in [0.2, 0.25) is 0 Å². The minimum absolute atomic E-state index is 0.0527. The van der Waals surface area contributed by atoms with Gasteiger partial charge >= 0.3 is 0 Å². The number of rotatable bonds is 6. The van der Waals surface area contributed by atoms with E-state index in [9.17, 15) is 4.79 Å². The molecule has 1 aromatic carbocycles. The lowest BCUT2D eigenvalue weighted by Gasteiger charge is -2.15. The fraction of sp³-hybridized carbons (Fsp3) is 0.316. The van der Waals surface area contributed by atoms with Crippen LogP contribution in [0.15, 0.2) is 42.0 Å². The highest BCUT2D eigenvalue weighted by atomic mass is 32.2. The van der Waals surface area contributed by atoms with E-state index in [1.54, 1.807) is 35.7 Å². The summed E-state index contributed by atoms with van der Waals surface area (Å²) in [7, 11) is 0. The van der Waals surface area contributed by atoms with E-state index >= 15 is 0 Å². The number of thiazole rings is 1. The number of nitrogens with zero attached hydrogens (tertiary/aromatic N) is 2. The van der Waals surface area contributed by atoms with Gasteiger partial charge in [-0.15, -0.1) is 11.3 Å². The Bertz CT molecular complexity index is 978. The zero-order valence-corrected chi connectivity index (χ0v) is 15.7. The van der Waals surface area contributed by atoms with Gasteiger partial charge in [-0.2, -0.15) is 0 Å². The normalized spacial score (nSPS) is 17.8. The Morgan fingerprint density at radius 3 is 2.92 bits per heavy atom. The van der Waals surface area contributed by atoms with Gasteiger partial charge in [0.1, 0.15) is 0 Å². The first-order chi connectivity index (χ1) is 12.7. The van der Waals surface area contributed by atoms with Crippen LogP contribution in [-0.2, 0) is 5.54 Å². The number of hydrogen-bond acceptors (Lipinski definition) is 6. The molecule has 0 unspecified atom stereocenters. The first kappa shape index (κ1) is 16.1. The second-order valence-corrected chi connectivity index (χ2v) is 8.90. The fourth-order valence-corrected chi connectivity index (χ4v) is 4.62. The van der Waals surface area contributed by atoms with Gasteiger partial charge in [-0.25, -0.2) is 4.98 Å². The third kappa shape index (κ3) is 3.17. The quantitative estimate of drug-likeness (QED) is 0.621. The van der Waals surface area contributed by atoms with Gasteiger partial charge in [0, 0.05) is 34.0 Å². The molecule has 2 heterocycles. The fourth-order valence-electron chi connectivity index (χ4n) is 2.95. The minimum atomic E-state index is -0.304. The highest BCUT2D eigenvalue weighted by Gasteiger charge is 2.47. The molecule has 1 amide bonds. The molecule has 0 saturated heterocycles. The molecule has 0 bridgehead atoms. The van der Waals surface area contributed by atoms with E-state index in [1.807, 2.05) is 24.3 Å². The first-order valence-corrected chi connectivity index (χ1v) is 10.5. The molecule has 5 nitrogen and oxygen atoms in total. The number of fused-ring (bicyclic) bond motifs is 1. The maximum absolute atomic E-state index is 12.8. The summed E-state index contributed by atoms with van der Waals surface area (Å²) in [5.74, 6) is -0.0527. The van der Waals surface area contributed by atoms with Crippen molar-refractivity contribution in [1.82, 2.24) is 15.3 Å². The van der Waals surface area contributed by atoms with E-state index in [2.05, 4.69) is 20.4 Å². The molecule has 0 aliphatic heterocycles. The highest BCUT2D eigenvalue weighted by molar-refractivity contribution is 8.01. The van der Waals surface area contributed by atoms with E-state index in [4.69, 9.17) is 4.98 Å². The Kier molecular flexibility index (Phi) is 3.86. The minimum Gasteiger partial charge on any atom is -0.341 e. The molecule has 132 valence electrons. The Balaban J connectivity index is 1.31. The summed E-state index contributed by atoms with van der Waals surface area (Å²) in [6.07, 6.45) is 8.00. The molecule has 2 fully saturated rings. The van der Waals surface area contributed by atoms with Crippen molar-refractivity contribution in [1.29, 1.82) is 0 Å². The van der Waals surface area contributed by atoms with Crippen LogP contribution >= 0.6 is 23.3 Å². The smallest absolute Gasteiger partial charge is 0.252 e. The Labute approximate surface area is 159 Å². The van der Waals surface area contributed by atoms with Gasteiger partial charge in [-0.3, -0.25) is 9.78 Å². The molecule has 0 radical (unpaired) electrons. The molecule has 7 heteroatoms. The summed E-state index contributed by atoms with van der Waals surface area (Å²) in [5, 5.41) is 8.99. The third-order valence-electron chi connectivity index (χ3n) is 4.84. The molecular weight excluding hydrogens is 364 g/mol. The molecule has 2 aromatic heterocycles. The van der Waals surface area contributed by atoms with Crippen molar-refractivity contribution >= 4 is 45.1 Å². The number of carbonyl (C=O) groups excluding carboxylic acids is 1. The third-order valence-corrected chi connectivity index (χ3v) is 6.84. The van der Waals surface area contributed by atoms with Crippen LogP contribution in [0, 0.1) is 0 Å². The van der Waals surface area contributed by atoms with Gasteiger partial charge in [-0.1, -0.05) is 6.07 Å². The van der Waals surface area contributed by atoms with Crippen LogP contribution in [0.3, 0.4) is 0 Å². The van der Waals surface area contributed by atoms with Crippen LogP contribution in [0.5, 0.6) is 0 Å². The lowest BCUT2D eigenvalue weighted by molar-refractivity contribution is 0.0930. The van der Waals surface area contributed by atoms with Gasteiger partial charge in [0.05, 0.1) is 11.2 Å². The Morgan fingerprint density at radius 2 is 2.12 bits per heavy atom. The van der Waals surface area contributed by atoms with Crippen molar-refractivity contribution in [2.24, 2.45) is 0 Å². The van der Waals surface area contributed by atoms with Crippen LogP contribution in [0.1, 0.15) is 41.7 Å². The summed E-state index contributed by atoms with van der Waals surface area (Å²) >= 11 is 3.36. The molecule has 2 aliphatic rings. The summed E-state index contributed by atoms with van der Waals surface area (Å²) in [5.41, 5.74) is 1.33. The van der Waals surface area contributed by atoms with Gasteiger partial charge in [-0.05, 0) is 61.2 Å². The summed E-state index contributed by atoms with van der Waals surface area (Å²) in [4.78, 5) is 21.6. The predicted molar refractivity (Wildman–Crippen MR) is 106 cm³/mol. The predicted octanol–water partition coefficient (Wildman–Crippen LogP) is 4.33. The van der Waals surface area contributed by atoms with Gasteiger partial charge < -0.3 is 10.0 Å².